The van der Waals surface area contributed by atoms with Crippen LogP contribution in [0, 0.1) is 0 Å². The minimum absolute atomic E-state index is 0.225. The van der Waals surface area contributed by atoms with Gasteiger partial charge < -0.3 is 15.8 Å². The lowest BCUT2D eigenvalue weighted by Gasteiger charge is -2.15. The Hall–Kier alpha value is -1.06. The van der Waals surface area contributed by atoms with Gasteiger partial charge in [-0.25, -0.2) is 0 Å². The molecule has 3 heteroatoms. The van der Waals surface area contributed by atoms with E-state index in [-0.39, 0.29) is 6.10 Å². The lowest BCUT2D eigenvalue weighted by atomic mass is 10.1. The van der Waals surface area contributed by atoms with E-state index in [0.717, 1.165) is 31.7 Å². The summed E-state index contributed by atoms with van der Waals surface area (Å²) in [5, 5.41) is 3.50. The summed E-state index contributed by atoms with van der Waals surface area (Å²) in [4.78, 5) is 0. The molecule has 0 saturated carbocycles. The molecular weight excluding hydrogens is 224 g/mol. The molecule has 1 aromatic carbocycles. The molecule has 0 amide bonds. The van der Waals surface area contributed by atoms with Crippen molar-refractivity contribution in [2.45, 2.75) is 45.8 Å². The van der Waals surface area contributed by atoms with Crippen molar-refractivity contribution in [2.75, 3.05) is 13.1 Å². The summed E-state index contributed by atoms with van der Waals surface area (Å²) < 4.78 is 5.63. The Morgan fingerprint density at radius 3 is 2.33 bits per heavy atom. The van der Waals surface area contributed by atoms with Gasteiger partial charge in [-0.15, -0.1) is 0 Å². The van der Waals surface area contributed by atoms with Crippen LogP contribution < -0.4 is 15.8 Å². The second-order valence-electron chi connectivity index (χ2n) is 4.91. The number of benzene rings is 1. The molecular formula is C15H26N2O. The quantitative estimate of drug-likeness (QED) is 0.697. The molecule has 3 nitrogen and oxygen atoms in total. The zero-order valence-electron chi connectivity index (χ0n) is 11.8. The third-order valence-corrected chi connectivity index (χ3v) is 2.83. The molecule has 1 rings (SSSR count). The topological polar surface area (TPSA) is 47.3 Å². The zero-order chi connectivity index (χ0) is 13.4. The van der Waals surface area contributed by atoms with Crippen LogP contribution >= 0.6 is 0 Å². The molecule has 0 saturated heterocycles. The van der Waals surface area contributed by atoms with Crippen molar-refractivity contribution in [3.05, 3.63) is 29.8 Å². The predicted molar refractivity (Wildman–Crippen MR) is 76.9 cm³/mol. The maximum atomic E-state index is 5.63. The average molecular weight is 250 g/mol. The molecule has 0 aliphatic rings. The molecule has 0 radical (unpaired) electrons. The molecule has 1 aromatic rings. The molecule has 0 aliphatic heterocycles. The number of hydrogen-bond donors (Lipinski definition) is 2. The van der Waals surface area contributed by atoms with Crippen LogP contribution in [-0.2, 0) is 0 Å². The standard InChI is InChI=1S/C15H26N2O/c1-12(2)18-15-8-6-14(7-9-15)13(3)17-11-5-4-10-16/h6-9,12-13,17H,4-5,10-11,16H2,1-3H3. The fraction of sp³-hybridized carbons (Fsp3) is 0.600. The summed E-state index contributed by atoms with van der Waals surface area (Å²) in [5.41, 5.74) is 6.76. The smallest absolute Gasteiger partial charge is 0.119 e. The highest BCUT2D eigenvalue weighted by molar-refractivity contribution is 5.29. The van der Waals surface area contributed by atoms with Crippen molar-refractivity contribution >= 4 is 0 Å². The summed E-state index contributed by atoms with van der Waals surface area (Å²) in [6, 6.07) is 8.69. The van der Waals surface area contributed by atoms with E-state index in [9.17, 15) is 0 Å². The van der Waals surface area contributed by atoms with E-state index in [4.69, 9.17) is 10.5 Å². The Kier molecular flexibility index (Phi) is 6.76. The summed E-state index contributed by atoms with van der Waals surface area (Å²) in [5.74, 6) is 0.934. The van der Waals surface area contributed by atoms with Gasteiger partial charge in [0.25, 0.3) is 0 Å². The lowest BCUT2D eigenvalue weighted by molar-refractivity contribution is 0.242. The minimum atomic E-state index is 0.225. The summed E-state index contributed by atoms with van der Waals surface area (Å²) in [7, 11) is 0. The summed E-state index contributed by atoms with van der Waals surface area (Å²) in [6.45, 7) is 8.05. The monoisotopic (exact) mass is 250 g/mol. The zero-order valence-corrected chi connectivity index (χ0v) is 11.8. The number of ether oxygens (including phenoxy) is 1. The number of nitrogens with two attached hydrogens (primary N) is 1. The van der Waals surface area contributed by atoms with Crippen molar-refractivity contribution < 1.29 is 4.74 Å². The number of nitrogens with one attached hydrogen (secondary N) is 1. The predicted octanol–water partition coefficient (Wildman–Crippen LogP) is 2.86. The first-order valence-electron chi connectivity index (χ1n) is 6.83. The van der Waals surface area contributed by atoms with Gasteiger partial charge in [-0.05, 0) is 64.4 Å². The first-order chi connectivity index (χ1) is 8.63. The van der Waals surface area contributed by atoms with Crippen LogP contribution in [0.4, 0.5) is 0 Å². The third kappa shape index (κ3) is 5.52. The molecule has 0 aromatic heterocycles. The fourth-order valence-electron chi connectivity index (χ4n) is 1.81. The minimum Gasteiger partial charge on any atom is -0.491 e. The number of hydrogen-bond acceptors (Lipinski definition) is 3. The van der Waals surface area contributed by atoms with Gasteiger partial charge in [-0.2, -0.15) is 0 Å². The Balaban J connectivity index is 2.41. The Labute approximate surface area is 111 Å². The van der Waals surface area contributed by atoms with Gasteiger partial charge in [0.05, 0.1) is 6.10 Å². The van der Waals surface area contributed by atoms with Crippen molar-refractivity contribution in [2.24, 2.45) is 5.73 Å². The maximum Gasteiger partial charge on any atom is 0.119 e. The second kappa shape index (κ2) is 8.11. The molecule has 0 bridgehead atoms. The molecule has 3 N–H and O–H groups in total. The Bertz CT molecular complexity index is 322. The molecule has 0 spiro atoms. The normalized spacial score (nSPS) is 12.7. The van der Waals surface area contributed by atoms with Gasteiger partial charge in [-0.1, -0.05) is 12.1 Å². The van der Waals surface area contributed by atoms with E-state index in [0.29, 0.717) is 6.04 Å². The second-order valence-corrected chi connectivity index (χ2v) is 4.91. The van der Waals surface area contributed by atoms with Crippen LogP contribution in [0.25, 0.3) is 0 Å². The molecule has 1 atom stereocenters. The van der Waals surface area contributed by atoms with Crippen LogP contribution in [0.5, 0.6) is 5.75 Å². The summed E-state index contributed by atoms with van der Waals surface area (Å²) >= 11 is 0. The number of unbranched alkanes of at least 4 members (excludes halogenated alkanes) is 1. The van der Waals surface area contributed by atoms with E-state index in [1.165, 1.54) is 5.56 Å². The molecule has 102 valence electrons. The van der Waals surface area contributed by atoms with Gasteiger partial charge >= 0.3 is 0 Å². The van der Waals surface area contributed by atoms with E-state index in [1.807, 2.05) is 26.0 Å². The molecule has 18 heavy (non-hydrogen) atoms. The van der Waals surface area contributed by atoms with E-state index in [1.54, 1.807) is 0 Å². The fourth-order valence-corrected chi connectivity index (χ4v) is 1.81. The van der Waals surface area contributed by atoms with Crippen molar-refractivity contribution in [3.63, 3.8) is 0 Å². The van der Waals surface area contributed by atoms with Gasteiger partial charge in [0.2, 0.25) is 0 Å². The average Bonchev–Trinajstić information content (AvgIpc) is 2.34. The van der Waals surface area contributed by atoms with Crippen LogP contribution in [-0.4, -0.2) is 19.2 Å². The highest BCUT2D eigenvalue weighted by Crippen LogP contribution is 2.18. The van der Waals surface area contributed by atoms with Crippen LogP contribution in [0.3, 0.4) is 0 Å². The highest BCUT2D eigenvalue weighted by Gasteiger charge is 2.04. The SMILES string of the molecule is CC(C)Oc1ccc(C(C)NCCCCN)cc1. The maximum absolute atomic E-state index is 5.63. The highest BCUT2D eigenvalue weighted by atomic mass is 16.5. The van der Waals surface area contributed by atoms with Crippen LogP contribution in [0.15, 0.2) is 24.3 Å². The first kappa shape index (κ1) is 15.0. The van der Waals surface area contributed by atoms with Gasteiger partial charge in [0.1, 0.15) is 5.75 Å². The van der Waals surface area contributed by atoms with E-state index < -0.39 is 0 Å². The lowest BCUT2D eigenvalue weighted by Crippen LogP contribution is -2.20. The largest absolute Gasteiger partial charge is 0.491 e. The third-order valence-electron chi connectivity index (χ3n) is 2.83. The Morgan fingerprint density at radius 1 is 1.11 bits per heavy atom. The molecule has 1 unspecified atom stereocenters. The summed E-state index contributed by atoms with van der Waals surface area (Å²) in [6.07, 6.45) is 2.44. The molecule has 0 heterocycles. The van der Waals surface area contributed by atoms with Gasteiger partial charge in [-0.3, -0.25) is 0 Å². The first-order valence-corrected chi connectivity index (χ1v) is 6.83. The van der Waals surface area contributed by atoms with E-state index >= 15 is 0 Å². The van der Waals surface area contributed by atoms with Gasteiger partial charge in [0, 0.05) is 6.04 Å². The van der Waals surface area contributed by atoms with Gasteiger partial charge in [0.15, 0.2) is 0 Å². The van der Waals surface area contributed by atoms with Crippen molar-refractivity contribution in [1.29, 1.82) is 0 Å². The molecule has 0 fully saturated rings. The van der Waals surface area contributed by atoms with E-state index in [2.05, 4.69) is 24.4 Å². The van der Waals surface area contributed by atoms with Crippen molar-refractivity contribution in [3.8, 4) is 5.75 Å². The molecule has 0 aliphatic carbocycles. The number of rotatable bonds is 8. The Morgan fingerprint density at radius 2 is 1.78 bits per heavy atom. The van der Waals surface area contributed by atoms with Crippen LogP contribution in [0.1, 0.15) is 45.2 Å². The van der Waals surface area contributed by atoms with Crippen molar-refractivity contribution in [1.82, 2.24) is 5.32 Å². The van der Waals surface area contributed by atoms with Crippen LogP contribution in [0.2, 0.25) is 0 Å².